The molecular formula is C25H21N5O3. The first-order valence-corrected chi connectivity index (χ1v) is 10.5. The number of hydrogen-bond donors (Lipinski definition) is 2. The number of aryl methyl sites for hydroxylation is 1. The number of rotatable bonds is 6. The van der Waals surface area contributed by atoms with Gasteiger partial charge in [-0.25, -0.2) is 4.79 Å². The van der Waals surface area contributed by atoms with Crippen LogP contribution in [0.1, 0.15) is 17.3 Å². The first-order chi connectivity index (χ1) is 16.1. The lowest BCUT2D eigenvalue weighted by Gasteiger charge is -2.20. The number of hydrogen-bond acceptors (Lipinski definition) is 5. The Morgan fingerprint density at radius 3 is 2.73 bits per heavy atom. The molecule has 0 aliphatic carbocycles. The molecule has 1 atom stereocenters. The second-order valence-corrected chi connectivity index (χ2v) is 7.74. The number of pyridine rings is 1. The number of aromatic nitrogens is 4. The largest absolute Gasteiger partial charge is 0.465 e. The average molecular weight is 439 g/mol. The molecule has 1 unspecified atom stereocenters. The van der Waals surface area contributed by atoms with Gasteiger partial charge in [0.2, 0.25) is 0 Å². The molecule has 0 saturated heterocycles. The minimum Gasteiger partial charge on any atom is -0.465 e. The first-order valence-electron chi connectivity index (χ1n) is 10.5. The summed E-state index contributed by atoms with van der Waals surface area (Å²) in [6.45, 7) is 0. The third kappa shape index (κ3) is 4.18. The van der Waals surface area contributed by atoms with Crippen LogP contribution in [0.4, 0.5) is 4.79 Å². The zero-order chi connectivity index (χ0) is 22.8. The van der Waals surface area contributed by atoms with E-state index in [2.05, 4.69) is 15.6 Å². The van der Waals surface area contributed by atoms with Gasteiger partial charge in [0, 0.05) is 41.9 Å². The molecule has 8 nitrogen and oxygen atoms in total. The normalized spacial score (nSPS) is 12.0. The number of fused-ring (bicyclic) bond motifs is 1. The van der Waals surface area contributed by atoms with Gasteiger partial charge in [-0.05, 0) is 29.8 Å². The van der Waals surface area contributed by atoms with Gasteiger partial charge in [-0.2, -0.15) is 5.10 Å². The molecule has 5 aromatic rings. The van der Waals surface area contributed by atoms with Crippen molar-refractivity contribution < 1.29 is 14.4 Å². The van der Waals surface area contributed by atoms with E-state index in [4.69, 9.17) is 9.51 Å². The number of benzene rings is 2. The van der Waals surface area contributed by atoms with Gasteiger partial charge >= 0.3 is 6.09 Å². The number of carboxylic acid groups (broad SMARTS) is 1. The summed E-state index contributed by atoms with van der Waals surface area (Å²) >= 11 is 0. The van der Waals surface area contributed by atoms with Crippen molar-refractivity contribution in [3.8, 4) is 22.5 Å². The van der Waals surface area contributed by atoms with Crippen molar-refractivity contribution >= 4 is 17.1 Å². The summed E-state index contributed by atoms with van der Waals surface area (Å²) < 4.78 is 7.22. The summed E-state index contributed by atoms with van der Waals surface area (Å²) in [5.41, 5.74) is 5.40. The highest BCUT2D eigenvalue weighted by atomic mass is 16.5. The fourth-order valence-electron chi connectivity index (χ4n) is 4.00. The zero-order valence-electron chi connectivity index (χ0n) is 17.8. The van der Waals surface area contributed by atoms with Crippen molar-refractivity contribution in [3.63, 3.8) is 0 Å². The Hall–Kier alpha value is -4.46. The minimum atomic E-state index is -1.11. The summed E-state index contributed by atoms with van der Waals surface area (Å²) in [6.07, 6.45) is 2.91. The van der Waals surface area contributed by atoms with Crippen LogP contribution in [-0.4, -0.2) is 31.1 Å². The van der Waals surface area contributed by atoms with Crippen LogP contribution in [0.3, 0.4) is 0 Å². The lowest BCUT2D eigenvalue weighted by Crippen LogP contribution is -2.29. The maximum Gasteiger partial charge on any atom is 0.405 e. The molecule has 3 heterocycles. The van der Waals surface area contributed by atoms with E-state index < -0.39 is 12.1 Å². The van der Waals surface area contributed by atoms with Gasteiger partial charge < -0.3 is 14.9 Å². The number of para-hydroxylation sites is 1. The lowest BCUT2D eigenvalue weighted by molar-refractivity contribution is 0.190. The van der Waals surface area contributed by atoms with Crippen LogP contribution in [0.15, 0.2) is 83.6 Å². The molecule has 0 spiro atoms. The van der Waals surface area contributed by atoms with Crippen molar-refractivity contribution in [1.29, 1.82) is 0 Å². The van der Waals surface area contributed by atoms with Crippen LogP contribution in [0.5, 0.6) is 0 Å². The van der Waals surface area contributed by atoms with Crippen molar-refractivity contribution in [2.75, 3.05) is 0 Å². The number of nitrogens with zero attached hydrogens (tertiary/aromatic N) is 4. The van der Waals surface area contributed by atoms with E-state index in [0.717, 1.165) is 33.5 Å². The highest BCUT2D eigenvalue weighted by Crippen LogP contribution is 2.34. The maximum atomic E-state index is 11.7. The SMILES string of the molecule is Cn1cc(-c2cccc(CC(NC(=O)O)c3ccccc3-c3noc4ccccc34)n2)cn1. The Morgan fingerprint density at radius 1 is 1.09 bits per heavy atom. The Labute approximate surface area is 189 Å². The van der Waals surface area contributed by atoms with Crippen LogP contribution in [0, 0.1) is 0 Å². The summed E-state index contributed by atoms with van der Waals surface area (Å²) in [7, 11) is 1.85. The van der Waals surface area contributed by atoms with Gasteiger partial charge in [0.05, 0.1) is 17.9 Å². The van der Waals surface area contributed by atoms with Crippen LogP contribution in [0.2, 0.25) is 0 Å². The number of carbonyl (C=O) groups is 1. The molecule has 0 saturated carbocycles. The van der Waals surface area contributed by atoms with Crippen molar-refractivity contribution in [1.82, 2.24) is 25.2 Å². The van der Waals surface area contributed by atoms with E-state index in [-0.39, 0.29) is 0 Å². The molecular weight excluding hydrogens is 418 g/mol. The van der Waals surface area contributed by atoms with E-state index in [9.17, 15) is 9.90 Å². The van der Waals surface area contributed by atoms with Crippen LogP contribution in [-0.2, 0) is 13.5 Å². The molecule has 2 aromatic carbocycles. The molecule has 2 N–H and O–H groups in total. The summed E-state index contributed by atoms with van der Waals surface area (Å²) in [5, 5.41) is 21.6. The summed E-state index contributed by atoms with van der Waals surface area (Å²) in [4.78, 5) is 16.4. The molecule has 0 fully saturated rings. The number of amides is 1. The van der Waals surface area contributed by atoms with Crippen LogP contribution in [0.25, 0.3) is 33.5 Å². The van der Waals surface area contributed by atoms with Crippen LogP contribution < -0.4 is 5.32 Å². The number of nitrogens with one attached hydrogen (secondary N) is 1. The van der Waals surface area contributed by atoms with Crippen molar-refractivity contribution in [3.05, 3.63) is 90.4 Å². The molecule has 0 bridgehead atoms. The Bertz CT molecular complexity index is 1440. The second-order valence-electron chi connectivity index (χ2n) is 7.74. The van der Waals surface area contributed by atoms with Crippen molar-refractivity contribution in [2.45, 2.75) is 12.5 Å². The topological polar surface area (TPSA) is 106 Å². The van der Waals surface area contributed by atoms with E-state index in [1.54, 1.807) is 10.9 Å². The molecule has 8 heteroatoms. The monoisotopic (exact) mass is 439 g/mol. The van der Waals surface area contributed by atoms with Crippen LogP contribution >= 0.6 is 0 Å². The molecule has 0 radical (unpaired) electrons. The third-order valence-corrected chi connectivity index (χ3v) is 5.49. The molecule has 164 valence electrons. The average Bonchev–Trinajstić information content (AvgIpc) is 3.45. The van der Waals surface area contributed by atoms with E-state index in [1.807, 2.05) is 80.0 Å². The van der Waals surface area contributed by atoms with E-state index in [0.29, 0.717) is 17.7 Å². The second kappa shape index (κ2) is 8.58. The van der Waals surface area contributed by atoms with Crippen molar-refractivity contribution in [2.24, 2.45) is 7.05 Å². The standard InChI is InChI=1S/C25H21N5O3/c1-30-15-16(14-26-30)21-11-6-7-17(27-21)13-22(28-25(31)32)18-8-2-3-9-19(18)24-20-10-4-5-12-23(20)33-29-24/h2-12,14-15,22,28H,13H2,1H3,(H,31,32). The fraction of sp³-hybridized carbons (Fsp3) is 0.120. The quantitative estimate of drug-likeness (QED) is 0.392. The Balaban J connectivity index is 1.54. The molecule has 3 aromatic heterocycles. The third-order valence-electron chi connectivity index (χ3n) is 5.49. The summed E-state index contributed by atoms with van der Waals surface area (Å²) in [5.74, 6) is 0. The van der Waals surface area contributed by atoms with Gasteiger partial charge in [0.25, 0.3) is 0 Å². The predicted octanol–water partition coefficient (Wildman–Crippen LogP) is 4.84. The lowest BCUT2D eigenvalue weighted by atomic mass is 9.93. The van der Waals surface area contributed by atoms with Gasteiger partial charge in [0.1, 0.15) is 5.69 Å². The maximum absolute atomic E-state index is 11.7. The van der Waals surface area contributed by atoms with Gasteiger partial charge in [-0.3, -0.25) is 9.67 Å². The van der Waals surface area contributed by atoms with Gasteiger partial charge in [0.15, 0.2) is 5.58 Å². The molecule has 0 aliphatic heterocycles. The van der Waals surface area contributed by atoms with Gasteiger partial charge in [-0.15, -0.1) is 0 Å². The first kappa shape index (κ1) is 20.4. The summed E-state index contributed by atoms with van der Waals surface area (Å²) in [6, 6.07) is 20.4. The zero-order valence-corrected chi connectivity index (χ0v) is 17.8. The predicted molar refractivity (Wildman–Crippen MR) is 123 cm³/mol. The molecule has 33 heavy (non-hydrogen) atoms. The Morgan fingerprint density at radius 2 is 1.91 bits per heavy atom. The molecule has 0 aliphatic rings. The highest BCUT2D eigenvalue weighted by molar-refractivity contribution is 5.92. The smallest absolute Gasteiger partial charge is 0.405 e. The van der Waals surface area contributed by atoms with Gasteiger partial charge in [-0.1, -0.05) is 47.6 Å². The van der Waals surface area contributed by atoms with E-state index in [1.165, 1.54) is 0 Å². The highest BCUT2D eigenvalue weighted by Gasteiger charge is 2.22. The van der Waals surface area contributed by atoms with E-state index >= 15 is 0 Å². The fourth-order valence-corrected chi connectivity index (χ4v) is 4.00. The molecule has 1 amide bonds. The minimum absolute atomic E-state index is 0.368. The Kier molecular flexibility index (Phi) is 5.32. The molecule has 5 rings (SSSR count).